The molecule has 0 spiro atoms. The minimum atomic E-state index is -0.813. The van der Waals surface area contributed by atoms with Crippen LogP contribution in [-0.4, -0.2) is 51.5 Å². The number of hydrogen-bond acceptors (Lipinski definition) is 7. The molecule has 0 aliphatic carbocycles. The van der Waals surface area contributed by atoms with Crippen molar-refractivity contribution in [1.82, 2.24) is 15.2 Å². The maximum Gasteiger partial charge on any atom is 0.246 e. The SMILES string of the molecule is Cc1ncsc1-c1ccc(CN(C(=O)[C@@H]2C[C@@H](O)CN2)C(=O)[C@@H](N)C(C)(C)C)cc1.Cl. The molecule has 2 amide bonds. The highest BCUT2D eigenvalue weighted by atomic mass is 35.5. The monoisotopic (exact) mass is 466 g/mol. The number of carbonyl (C=O) groups is 2. The number of benzene rings is 1. The molecule has 0 saturated carbocycles. The van der Waals surface area contributed by atoms with Crippen LogP contribution in [0.3, 0.4) is 0 Å². The van der Waals surface area contributed by atoms with Gasteiger partial charge in [-0.15, -0.1) is 23.7 Å². The van der Waals surface area contributed by atoms with Crippen LogP contribution in [0.25, 0.3) is 10.4 Å². The van der Waals surface area contributed by atoms with Gasteiger partial charge in [-0.05, 0) is 29.9 Å². The number of nitrogens with one attached hydrogen (secondary N) is 1. The van der Waals surface area contributed by atoms with Crippen molar-refractivity contribution in [3.8, 4) is 10.4 Å². The fourth-order valence-electron chi connectivity index (χ4n) is 3.42. The van der Waals surface area contributed by atoms with Crippen LogP contribution >= 0.6 is 23.7 Å². The zero-order valence-electron chi connectivity index (χ0n) is 18.3. The number of aryl methyl sites for hydroxylation is 1. The number of aliphatic hydroxyl groups is 1. The third-order valence-corrected chi connectivity index (χ3v) is 6.42. The molecule has 0 unspecified atom stereocenters. The highest BCUT2D eigenvalue weighted by Crippen LogP contribution is 2.28. The molecule has 31 heavy (non-hydrogen) atoms. The number of thiazole rings is 1. The molecule has 1 aromatic heterocycles. The van der Waals surface area contributed by atoms with E-state index in [1.165, 1.54) is 4.90 Å². The van der Waals surface area contributed by atoms with E-state index >= 15 is 0 Å². The topological polar surface area (TPSA) is 109 Å². The van der Waals surface area contributed by atoms with E-state index < -0.39 is 29.5 Å². The van der Waals surface area contributed by atoms with Gasteiger partial charge in [0, 0.05) is 6.54 Å². The lowest BCUT2D eigenvalue weighted by Gasteiger charge is -2.32. The molecule has 1 aliphatic heterocycles. The second kappa shape index (κ2) is 10.2. The Balaban J connectivity index is 0.00000341. The quantitative estimate of drug-likeness (QED) is 0.624. The normalized spacial score (nSPS) is 19.5. The Kier molecular flexibility index (Phi) is 8.35. The Labute approximate surface area is 193 Å². The van der Waals surface area contributed by atoms with Gasteiger partial charge < -0.3 is 16.2 Å². The zero-order chi connectivity index (χ0) is 22.1. The first kappa shape index (κ1) is 25.4. The number of aromatic nitrogens is 1. The second-order valence-electron chi connectivity index (χ2n) is 8.92. The highest BCUT2D eigenvalue weighted by molar-refractivity contribution is 7.13. The molecule has 2 heterocycles. The molecule has 3 rings (SSSR count). The lowest BCUT2D eigenvalue weighted by atomic mass is 9.86. The fourth-order valence-corrected chi connectivity index (χ4v) is 4.23. The van der Waals surface area contributed by atoms with Crippen molar-refractivity contribution in [1.29, 1.82) is 0 Å². The van der Waals surface area contributed by atoms with Gasteiger partial charge in [0.25, 0.3) is 0 Å². The van der Waals surface area contributed by atoms with E-state index in [1.807, 2.05) is 57.5 Å². The Morgan fingerprint density at radius 3 is 2.45 bits per heavy atom. The number of nitrogens with zero attached hydrogens (tertiary/aromatic N) is 2. The Morgan fingerprint density at radius 2 is 1.97 bits per heavy atom. The number of imide groups is 1. The summed E-state index contributed by atoms with van der Waals surface area (Å²) in [5.41, 5.74) is 10.4. The number of β-amino-alcohol motifs (C(OH)–C–C–N with tert-alkyl or cyclic N) is 1. The van der Waals surface area contributed by atoms with Crippen LogP contribution in [0.15, 0.2) is 29.8 Å². The second-order valence-corrected chi connectivity index (χ2v) is 9.78. The van der Waals surface area contributed by atoms with Crippen LogP contribution in [0.4, 0.5) is 0 Å². The summed E-state index contributed by atoms with van der Waals surface area (Å²) in [5, 5.41) is 12.8. The molecule has 0 bridgehead atoms. The minimum Gasteiger partial charge on any atom is -0.392 e. The van der Waals surface area contributed by atoms with Gasteiger partial charge in [-0.25, -0.2) is 4.98 Å². The predicted octanol–water partition coefficient (Wildman–Crippen LogP) is 2.49. The molecule has 0 radical (unpaired) electrons. The van der Waals surface area contributed by atoms with E-state index in [4.69, 9.17) is 5.73 Å². The van der Waals surface area contributed by atoms with Gasteiger partial charge in [-0.1, -0.05) is 45.0 Å². The molecule has 1 aliphatic rings. The van der Waals surface area contributed by atoms with Gasteiger partial charge in [-0.3, -0.25) is 14.5 Å². The van der Waals surface area contributed by atoms with Crippen molar-refractivity contribution < 1.29 is 14.7 Å². The van der Waals surface area contributed by atoms with Crippen molar-refractivity contribution in [2.75, 3.05) is 6.54 Å². The number of amides is 2. The van der Waals surface area contributed by atoms with E-state index in [0.29, 0.717) is 6.54 Å². The summed E-state index contributed by atoms with van der Waals surface area (Å²) < 4.78 is 0. The average molecular weight is 467 g/mol. The Hall–Kier alpha value is -1.84. The molecule has 1 aromatic carbocycles. The largest absolute Gasteiger partial charge is 0.392 e. The molecular weight excluding hydrogens is 436 g/mol. The van der Waals surface area contributed by atoms with Gasteiger partial charge in [0.1, 0.15) is 0 Å². The number of aliphatic hydroxyl groups excluding tert-OH is 1. The van der Waals surface area contributed by atoms with E-state index in [0.717, 1.165) is 21.7 Å². The molecule has 9 heteroatoms. The number of carbonyl (C=O) groups excluding carboxylic acids is 2. The number of nitrogens with two attached hydrogens (primary N) is 1. The third kappa shape index (κ3) is 5.90. The summed E-state index contributed by atoms with van der Waals surface area (Å²) in [7, 11) is 0. The Morgan fingerprint density at radius 1 is 1.32 bits per heavy atom. The van der Waals surface area contributed by atoms with E-state index in [1.54, 1.807) is 11.3 Å². The summed E-state index contributed by atoms with van der Waals surface area (Å²) in [4.78, 5) is 32.9. The Bertz CT molecular complexity index is 910. The van der Waals surface area contributed by atoms with E-state index in [9.17, 15) is 14.7 Å². The molecule has 170 valence electrons. The van der Waals surface area contributed by atoms with Gasteiger partial charge >= 0.3 is 0 Å². The summed E-state index contributed by atoms with van der Waals surface area (Å²) in [6.45, 7) is 8.08. The van der Waals surface area contributed by atoms with Crippen molar-refractivity contribution >= 4 is 35.6 Å². The van der Waals surface area contributed by atoms with Crippen molar-refractivity contribution in [3.05, 3.63) is 41.0 Å². The van der Waals surface area contributed by atoms with Gasteiger partial charge in [0.2, 0.25) is 11.8 Å². The van der Waals surface area contributed by atoms with Crippen LogP contribution in [0.5, 0.6) is 0 Å². The van der Waals surface area contributed by atoms with Crippen molar-refractivity contribution in [2.24, 2.45) is 11.1 Å². The summed E-state index contributed by atoms with van der Waals surface area (Å²) >= 11 is 1.58. The summed E-state index contributed by atoms with van der Waals surface area (Å²) in [5.74, 6) is -0.753. The minimum absolute atomic E-state index is 0. The first-order valence-corrected chi connectivity index (χ1v) is 11.0. The van der Waals surface area contributed by atoms with Crippen LogP contribution in [0.1, 0.15) is 38.4 Å². The molecule has 7 nitrogen and oxygen atoms in total. The predicted molar refractivity (Wildman–Crippen MR) is 125 cm³/mol. The standard InChI is InChI=1S/C22H30N4O3S.ClH/c1-13-18(30-12-25-13)15-7-5-14(6-8-15)11-26(21(29)19(23)22(2,3)4)20(28)17-9-16(27)10-24-17;/h5-8,12,16-17,19,24,27H,9-11,23H2,1-4H3;1H/t16-,17+,19-;/m1./s1. The maximum atomic E-state index is 13.2. The van der Waals surface area contributed by atoms with Crippen molar-refractivity contribution in [2.45, 2.75) is 58.8 Å². The van der Waals surface area contributed by atoms with Gasteiger partial charge in [-0.2, -0.15) is 0 Å². The molecule has 1 saturated heterocycles. The first-order valence-electron chi connectivity index (χ1n) is 10.1. The molecule has 1 fully saturated rings. The lowest BCUT2D eigenvalue weighted by Crippen LogP contribution is -2.55. The highest BCUT2D eigenvalue weighted by Gasteiger charge is 2.38. The molecular formula is C22H31ClN4O3S. The molecule has 2 aromatic rings. The average Bonchev–Trinajstić information content (AvgIpc) is 3.32. The van der Waals surface area contributed by atoms with Crippen LogP contribution < -0.4 is 11.1 Å². The van der Waals surface area contributed by atoms with Gasteiger partial charge in [0.05, 0.1) is 40.8 Å². The number of halogens is 1. The zero-order valence-corrected chi connectivity index (χ0v) is 19.9. The first-order chi connectivity index (χ1) is 14.1. The lowest BCUT2D eigenvalue weighted by molar-refractivity contribution is -0.149. The smallest absolute Gasteiger partial charge is 0.246 e. The van der Waals surface area contributed by atoms with Crippen LogP contribution in [-0.2, 0) is 16.1 Å². The summed E-state index contributed by atoms with van der Waals surface area (Å²) in [6.07, 6.45) is -0.300. The third-order valence-electron chi connectivity index (χ3n) is 5.44. The van der Waals surface area contributed by atoms with Crippen molar-refractivity contribution in [3.63, 3.8) is 0 Å². The van der Waals surface area contributed by atoms with Gasteiger partial charge in [0.15, 0.2) is 0 Å². The molecule has 4 N–H and O–H groups in total. The summed E-state index contributed by atoms with van der Waals surface area (Å²) in [6, 6.07) is 6.39. The molecule has 3 atom stereocenters. The fraction of sp³-hybridized carbons (Fsp3) is 0.500. The van der Waals surface area contributed by atoms with Crippen LogP contribution in [0.2, 0.25) is 0 Å². The van der Waals surface area contributed by atoms with E-state index in [2.05, 4.69) is 10.3 Å². The number of rotatable bonds is 5. The maximum absolute atomic E-state index is 13.2. The van der Waals surface area contributed by atoms with E-state index in [-0.39, 0.29) is 31.3 Å². The number of hydrogen-bond donors (Lipinski definition) is 3. The van der Waals surface area contributed by atoms with Crippen LogP contribution in [0, 0.1) is 12.3 Å².